The molecule has 4 aliphatic carbocycles. The Morgan fingerprint density at radius 1 is 1.15 bits per heavy atom. The number of hydrogen-bond donors (Lipinski definition) is 1. The van der Waals surface area contributed by atoms with Gasteiger partial charge in [0.25, 0.3) is 0 Å². The van der Waals surface area contributed by atoms with Gasteiger partial charge in [-0.2, -0.15) is 0 Å². The summed E-state index contributed by atoms with van der Waals surface area (Å²) in [6.45, 7) is 4.75. The molecular weight excluding hydrogens is 256 g/mol. The maximum absolute atomic E-state index is 11.0. The smallest absolute Gasteiger partial charge is 0.393 e. The third kappa shape index (κ3) is 1.58. The molecule has 1 N–H and O–H groups in total. The van der Waals surface area contributed by atoms with Crippen LogP contribution in [-0.2, 0) is 5.41 Å². The molecule has 1 aromatic heterocycles. The highest BCUT2D eigenvalue weighted by atomic mass is 16.4. The number of carbonyl (C=O) groups is 1. The summed E-state index contributed by atoms with van der Waals surface area (Å²) in [6, 6.07) is 0. The summed E-state index contributed by atoms with van der Waals surface area (Å²) in [4.78, 5) is 11.0. The topological polar surface area (TPSA) is 76.2 Å². The average molecular weight is 276 g/mol. The lowest BCUT2D eigenvalue weighted by Crippen LogP contribution is -2.57. The molecule has 4 bridgehead atoms. The van der Waals surface area contributed by atoms with Crippen LogP contribution in [0.4, 0.5) is 0 Å². The van der Waals surface area contributed by atoms with Crippen LogP contribution >= 0.6 is 0 Å². The van der Waals surface area contributed by atoms with Crippen LogP contribution in [0.1, 0.15) is 68.9 Å². The van der Waals surface area contributed by atoms with Gasteiger partial charge in [0.15, 0.2) is 0 Å². The second-order valence-electron chi connectivity index (χ2n) is 8.13. The van der Waals surface area contributed by atoms with Gasteiger partial charge in [-0.15, -0.1) is 10.2 Å². The Morgan fingerprint density at radius 2 is 1.80 bits per heavy atom. The molecule has 0 aliphatic heterocycles. The first-order valence-corrected chi connectivity index (χ1v) is 7.39. The van der Waals surface area contributed by atoms with E-state index in [4.69, 9.17) is 9.52 Å². The van der Waals surface area contributed by atoms with E-state index in [1.165, 1.54) is 19.3 Å². The largest absolute Gasteiger partial charge is 0.474 e. The fourth-order valence-electron chi connectivity index (χ4n) is 6.21. The lowest BCUT2D eigenvalue weighted by atomic mass is 9.40. The summed E-state index contributed by atoms with van der Waals surface area (Å²) in [5, 5.41) is 16.8. The first-order chi connectivity index (χ1) is 9.32. The molecule has 4 fully saturated rings. The van der Waals surface area contributed by atoms with Crippen molar-refractivity contribution in [2.24, 2.45) is 16.7 Å². The van der Waals surface area contributed by atoms with Crippen LogP contribution in [-0.4, -0.2) is 21.3 Å². The minimum Gasteiger partial charge on any atom is -0.474 e. The van der Waals surface area contributed by atoms with Gasteiger partial charge in [-0.05, 0) is 55.3 Å². The second-order valence-corrected chi connectivity index (χ2v) is 8.13. The first kappa shape index (κ1) is 12.4. The van der Waals surface area contributed by atoms with Crippen molar-refractivity contribution in [3.63, 3.8) is 0 Å². The molecule has 108 valence electrons. The summed E-state index contributed by atoms with van der Waals surface area (Å²) in [5.41, 5.74) is 0.627. The Labute approximate surface area is 117 Å². The highest BCUT2D eigenvalue weighted by molar-refractivity contribution is 5.81. The highest BCUT2D eigenvalue weighted by Gasteiger charge is 2.62. The van der Waals surface area contributed by atoms with Gasteiger partial charge in [0, 0.05) is 5.41 Å². The normalized spacial score (nSPS) is 45.8. The number of rotatable bonds is 2. The summed E-state index contributed by atoms with van der Waals surface area (Å²) in [5.74, 6) is -0.116. The molecule has 0 amide bonds. The van der Waals surface area contributed by atoms with Crippen LogP contribution in [0.3, 0.4) is 0 Å². The highest BCUT2D eigenvalue weighted by Crippen LogP contribution is 2.69. The predicted molar refractivity (Wildman–Crippen MR) is 70.3 cm³/mol. The fourth-order valence-corrected chi connectivity index (χ4v) is 6.21. The SMILES string of the molecule is CC12CC3CC(C)(C1)CC(c1nnc(C(=O)O)o1)(C3)C2. The molecule has 5 heteroatoms. The second kappa shape index (κ2) is 3.43. The van der Waals surface area contributed by atoms with Crippen LogP contribution < -0.4 is 0 Å². The van der Waals surface area contributed by atoms with Gasteiger partial charge in [-0.25, -0.2) is 4.79 Å². The fraction of sp³-hybridized carbons (Fsp3) is 0.800. The number of aromatic nitrogens is 2. The number of hydrogen-bond acceptors (Lipinski definition) is 4. The Hall–Kier alpha value is -1.39. The van der Waals surface area contributed by atoms with Gasteiger partial charge in [0.2, 0.25) is 5.89 Å². The molecule has 1 aromatic rings. The lowest BCUT2D eigenvalue weighted by molar-refractivity contribution is -0.117. The first-order valence-electron chi connectivity index (χ1n) is 7.39. The number of aromatic carboxylic acids is 1. The summed E-state index contributed by atoms with van der Waals surface area (Å²) in [7, 11) is 0. The van der Waals surface area contributed by atoms with Gasteiger partial charge < -0.3 is 9.52 Å². The van der Waals surface area contributed by atoms with E-state index in [9.17, 15) is 4.79 Å². The van der Waals surface area contributed by atoms with Gasteiger partial charge in [0.05, 0.1) is 0 Å². The van der Waals surface area contributed by atoms with E-state index in [2.05, 4.69) is 24.0 Å². The standard InChI is InChI=1S/C15H20N2O3/c1-13-3-9-4-14(2,6-13)8-15(5-9,7-13)12-17-16-10(20-12)11(18)19/h9H,3-8H2,1-2H3,(H,18,19). The van der Waals surface area contributed by atoms with E-state index in [0.29, 0.717) is 16.7 Å². The molecule has 4 aliphatic rings. The Morgan fingerprint density at radius 3 is 2.30 bits per heavy atom. The zero-order valence-corrected chi connectivity index (χ0v) is 12.0. The molecule has 0 saturated heterocycles. The van der Waals surface area contributed by atoms with Crippen molar-refractivity contribution in [1.82, 2.24) is 10.2 Å². The lowest BCUT2D eigenvalue weighted by Gasteiger charge is -2.64. The van der Waals surface area contributed by atoms with Gasteiger partial charge in [-0.3, -0.25) is 0 Å². The van der Waals surface area contributed by atoms with Crippen molar-refractivity contribution < 1.29 is 14.3 Å². The maximum atomic E-state index is 11.0. The van der Waals surface area contributed by atoms with E-state index in [-0.39, 0.29) is 11.3 Å². The molecule has 0 radical (unpaired) electrons. The summed E-state index contributed by atoms with van der Waals surface area (Å²) < 4.78 is 5.50. The van der Waals surface area contributed by atoms with Crippen LogP contribution in [0.2, 0.25) is 0 Å². The molecular formula is C15H20N2O3. The Balaban J connectivity index is 1.78. The van der Waals surface area contributed by atoms with E-state index in [0.717, 1.165) is 25.2 Å². The third-order valence-corrected chi connectivity index (χ3v) is 5.69. The minimum atomic E-state index is -1.13. The van der Waals surface area contributed by atoms with Gasteiger partial charge in [0.1, 0.15) is 0 Å². The Kier molecular flexibility index (Phi) is 2.12. The molecule has 4 saturated carbocycles. The summed E-state index contributed by atoms with van der Waals surface area (Å²) in [6.07, 6.45) is 7.08. The molecule has 5 nitrogen and oxygen atoms in total. The van der Waals surface area contributed by atoms with Crippen LogP contribution in [0.5, 0.6) is 0 Å². The Bertz CT molecular complexity index is 576. The number of carboxylic acid groups (broad SMARTS) is 1. The average Bonchev–Trinajstić information content (AvgIpc) is 2.72. The van der Waals surface area contributed by atoms with Crippen molar-refractivity contribution >= 4 is 5.97 Å². The van der Waals surface area contributed by atoms with E-state index in [1.807, 2.05) is 0 Å². The monoisotopic (exact) mass is 276 g/mol. The van der Waals surface area contributed by atoms with Gasteiger partial charge in [-0.1, -0.05) is 13.8 Å². The molecule has 1 heterocycles. The van der Waals surface area contributed by atoms with Crippen molar-refractivity contribution in [3.05, 3.63) is 11.8 Å². The van der Waals surface area contributed by atoms with E-state index < -0.39 is 5.97 Å². The predicted octanol–water partition coefficient (Wildman–Crippen LogP) is 3.02. The maximum Gasteiger partial charge on any atom is 0.393 e. The van der Waals surface area contributed by atoms with Crippen molar-refractivity contribution in [3.8, 4) is 0 Å². The molecule has 2 atom stereocenters. The minimum absolute atomic E-state index is 0.0797. The van der Waals surface area contributed by atoms with Gasteiger partial charge >= 0.3 is 11.9 Å². The zero-order valence-electron chi connectivity index (χ0n) is 12.0. The van der Waals surface area contributed by atoms with E-state index in [1.54, 1.807) is 0 Å². The van der Waals surface area contributed by atoms with Crippen LogP contribution in [0, 0.1) is 16.7 Å². The quantitative estimate of drug-likeness (QED) is 0.898. The summed E-state index contributed by atoms with van der Waals surface area (Å²) >= 11 is 0. The van der Waals surface area contributed by atoms with E-state index >= 15 is 0 Å². The molecule has 20 heavy (non-hydrogen) atoms. The molecule has 2 unspecified atom stereocenters. The molecule has 5 rings (SSSR count). The van der Waals surface area contributed by atoms with Crippen LogP contribution in [0.15, 0.2) is 4.42 Å². The van der Waals surface area contributed by atoms with Crippen molar-refractivity contribution in [1.29, 1.82) is 0 Å². The van der Waals surface area contributed by atoms with Crippen molar-refractivity contribution in [2.75, 3.05) is 0 Å². The molecule has 0 spiro atoms. The third-order valence-electron chi connectivity index (χ3n) is 5.69. The zero-order chi connectivity index (χ0) is 14.2. The number of nitrogens with zero attached hydrogens (tertiary/aromatic N) is 2. The van der Waals surface area contributed by atoms with Crippen molar-refractivity contribution in [2.45, 2.75) is 57.8 Å². The number of carboxylic acids is 1. The molecule has 0 aromatic carbocycles. The van der Waals surface area contributed by atoms with Crippen LogP contribution in [0.25, 0.3) is 0 Å².